The van der Waals surface area contributed by atoms with Crippen LogP contribution in [0.4, 0.5) is 4.79 Å². The van der Waals surface area contributed by atoms with Crippen LogP contribution in [0.1, 0.15) is 52.5 Å². The summed E-state index contributed by atoms with van der Waals surface area (Å²) in [6, 6.07) is 9.85. The van der Waals surface area contributed by atoms with Gasteiger partial charge in [-0.05, 0) is 46.1 Å². The third kappa shape index (κ3) is 7.21. The normalized spacial score (nSPS) is 19.8. The third-order valence-electron chi connectivity index (χ3n) is 4.32. The average Bonchev–Trinajstić information content (AvgIpc) is 3.01. The van der Waals surface area contributed by atoms with Crippen LogP contribution in [0.25, 0.3) is 0 Å². The van der Waals surface area contributed by atoms with Crippen molar-refractivity contribution in [1.82, 2.24) is 4.90 Å². The average molecular weight is 377 g/mol. The van der Waals surface area contributed by atoms with E-state index in [1.807, 2.05) is 51.1 Å². The number of ether oxygens (including phenoxy) is 3. The molecule has 1 aromatic carbocycles. The number of likely N-dealkylation sites (tertiary alicyclic amines) is 1. The summed E-state index contributed by atoms with van der Waals surface area (Å²) in [7, 11) is 0. The molecule has 2 atom stereocenters. The molecule has 6 nitrogen and oxygen atoms in total. The van der Waals surface area contributed by atoms with E-state index in [0.717, 1.165) is 5.56 Å². The van der Waals surface area contributed by atoms with Crippen LogP contribution in [-0.4, -0.2) is 47.9 Å². The first-order chi connectivity index (χ1) is 12.8. The molecule has 1 heterocycles. The maximum absolute atomic E-state index is 12.6. The highest BCUT2D eigenvalue weighted by atomic mass is 16.6. The van der Waals surface area contributed by atoms with Gasteiger partial charge >= 0.3 is 12.1 Å². The second kappa shape index (κ2) is 9.74. The Bertz CT molecular complexity index is 611. The Labute approximate surface area is 161 Å². The molecule has 27 heavy (non-hydrogen) atoms. The van der Waals surface area contributed by atoms with E-state index in [0.29, 0.717) is 32.6 Å². The minimum absolute atomic E-state index is 0.0788. The van der Waals surface area contributed by atoms with Crippen molar-refractivity contribution in [2.24, 2.45) is 0 Å². The Morgan fingerprint density at radius 3 is 2.52 bits per heavy atom. The lowest BCUT2D eigenvalue weighted by Crippen LogP contribution is -2.40. The fourth-order valence-corrected chi connectivity index (χ4v) is 3.12. The van der Waals surface area contributed by atoms with Gasteiger partial charge in [0.05, 0.1) is 25.9 Å². The Hall–Kier alpha value is -2.08. The van der Waals surface area contributed by atoms with Crippen molar-refractivity contribution in [2.45, 2.75) is 71.3 Å². The number of carbonyl (C=O) groups is 2. The molecule has 1 aliphatic rings. The van der Waals surface area contributed by atoms with Gasteiger partial charge in [0, 0.05) is 12.5 Å². The Morgan fingerprint density at radius 2 is 1.89 bits per heavy atom. The minimum Gasteiger partial charge on any atom is -0.466 e. The van der Waals surface area contributed by atoms with Crippen LogP contribution in [0.2, 0.25) is 0 Å². The number of benzene rings is 1. The molecule has 0 radical (unpaired) electrons. The van der Waals surface area contributed by atoms with E-state index in [1.165, 1.54) is 0 Å². The van der Waals surface area contributed by atoms with E-state index < -0.39 is 5.60 Å². The summed E-state index contributed by atoms with van der Waals surface area (Å²) in [4.78, 5) is 26.0. The van der Waals surface area contributed by atoms with Crippen LogP contribution < -0.4 is 0 Å². The van der Waals surface area contributed by atoms with Gasteiger partial charge in [0.15, 0.2) is 0 Å². The van der Waals surface area contributed by atoms with Crippen molar-refractivity contribution in [3.63, 3.8) is 0 Å². The number of esters is 1. The fourth-order valence-electron chi connectivity index (χ4n) is 3.12. The summed E-state index contributed by atoms with van der Waals surface area (Å²) in [5.74, 6) is -0.240. The molecule has 0 bridgehead atoms. The molecule has 0 aromatic heterocycles. The van der Waals surface area contributed by atoms with Gasteiger partial charge in [0.1, 0.15) is 5.60 Å². The van der Waals surface area contributed by atoms with Crippen LogP contribution >= 0.6 is 0 Å². The van der Waals surface area contributed by atoms with E-state index in [-0.39, 0.29) is 30.6 Å². The number of carbonyl (C=O) groups excluding carboxylic acids is 2. The van der Waals surface area contributed by atoms with Crippen molar-refractivity contribution >= 4 is 12.1 Å². The van der Waals surface area contributed by atoms with Crippen LogP contribution in [0.5, 0.6) is 0 Å². The fraction of sp³-hybridized carbons (Fsp3) is 0.619. The van der Waals surface area contributed by atoms with Gasteiger partial charge in [0.2, 0.25) is 0 Å². The molecule has 1 aromatic rings. The molecule has 1 aliphatic heterocycles. The molecule has 6 heteroatoms. The maximum Gasteiger partial charge on any atom is 0.410 e. The SMILES string of the molecule is CCOC(=O)CC[C@@H]1C[C@H](OCc2ccccc2)CN1C(=O)OC(C)(C)C. The molecule has 0 N–H and O–H groups in total. The second-order valence-electron chi connectivity index (χ2n) is 7.78. The van der Waals surface area contributed by atoms with E-state index in [1.54, 1.807) is 11.8 Å². The Balaban J connectivity index is 1.96. The summed E-state index contributed by atoms with van der Waals surface area (Å²) in [5.41, 5.74) is 0.530. The van der Waals surface area contributed by atoms with Gasteiger partial charge in [-0.2, -0.15) is 0 Å². The summed E-state index contributed by atoms with van der Waals surface area (Å²) in [6.07, 6.45) is 1.07. The smallest absolute Gasteiger partial charge is 0.410 e. The number of hydrogen-bond acceptors (Lipinski definition) is 5. The molecular formula is C21H31NO5. The number of rotatable bonds is 7. The Morgan fingerprint density at radius 1 is 1.19 bits per heavy atom. The van der Waals surface area contributed by atoms with Gasteiger partial charge < -0.3 is 19.1 Å². The molecule has 1 amide bonds. The number of hydrogen-bond donors (Lipinski definition) is 0. The molecule has 1 saturated heterocycles. The monoisotopic (exact) mass is 377 g/mol. The van der Waals surface area contributed by atoms with Crippen LogP contribution in [-0.2, 0) is 25.6 Å². The van der Waals surface area contributed by atoms with Gasteiger partial charge in [-0.15, -0.1) is 0 Å². The van der Waals surface area contributed by atoms with Gasteiger partial charge in [-0.1, -0.05) is 30.3 Å². The maximum atomic E-state index is 12.6. The highest BCUT2D eigenvalue weighted by molar-refractivity contribution is 5.70. The Kier molecular flexibility index (Phi) is 7.66. The zero-order valence-corrected chi connectivity index (χ0v) is 16.8. The third-order valence-corrected chi connectivity index (χ3v) is 4.32. The highest BCUT2D eigenvalue weighted by Crippen LogP contribution is 2.27. The molecule has 2 rings (SSSR count). The molecule has 0 aliphatic carbocycles. The zero-order valence-electron chi connectivity index (χ0n) is 16.8. The van der Waals surface area contributed by atoms with Crippen LogP contribution in [0.15, 0.2) is 30.3 Å². The van der Waals surface area contributed by atoms with Crippen LogP contribution in [0, 0.1) is 0 Å². The lowest BCUT2D eigenvalue weighted by molar-refractivity contribution is -0.143. The molecule has 0 spiro atoms. The zero-order chi connectivity index (χ0) is 19.9. The first kappa shape index (κ1) is 21.2. The topological polar surface area (TPSA) is 65.1 Å². The molecular weight excluding hydrogens is 346 g/mol. The van der Waals surface area contributed by atoms with Crippen molar-refractivity contribution in [3.8, 4) is 0 Å². The second-order valence-corrected chi connectivity index (χ2v) is 7.78. The van der Waals surface area contributed by atoms with Gasteiger partial charge in [-0.25, -0.2) is 4.79 Å². The quantitative estimate of drug-likeness (QED) is 0.674. The van der Waals surface area contributed by atoms with Gasteiger partial charge in [-0.3, -0.25) is 4.79 Å². The van der Waals surface area contributed by atoms with Crippen molar-refractivity contribution in [3.05, 3.63) is 35.9 Å². The van der Waals surface area contributed by atoms with E-state index >= 15 is 0 Å². The van der Waals surface area contributed by atoms with Gasteiger partial charge in [0.25, 0.3) is 0 Å². The molecule has 150 valence electrons. The first-order valence-electron chi connectivity index (χ1n) is 9.59. The molecule has 0 saturated carbocycles. The predicted octanol–water partition coefficient (Wildman–Crippen LogP) is 3.92. The van der Waals surface area contributed by atoms with Crippen molar-refractivity contribution in [1.29, 1.82) is 0 Å². The summed E-state index contributed by atoms with van der Waals surface area (Å²) in [6.45, 7) is 8.65. The highest BCUT2D eigenvalue weighted by Gasteiger charge is 2.38. The van der Waals surface area contributed by atoms with E-state index in [2.05, 4.69) is 0 Å². The summed E-state index contributed by atoms with van der Waals surface area (Å²) < 4.78 is 16.6. The molecule has 1 fully saturated rings. The predicted molar refractivity (Wildman–Crippen MR) is 102 cm³/mol. The van der Waals surface area contributed by atoms with E-state index in [4.69, 9.17) is 14.2 Å². The van der Waals surface area contributed by atoms with Crippen molar-refractivity contribution in [2.75, 3.05) is 13.2 Å². The van der Waals surface area contributed by atoms with Crippen LogP contribution in [0.3, 0.4) is 0 Å². The summed E-state index contributed by atoms with van der Waals surface area (Å²) >= 11 is 0. The largest absolute Gasteiger partial charge is 0.466 e. The lowest BCUT2D eigenvalue weighted by Gasteiger charge is -2.28. The molecule has 0 unspecified atom stereocenters. The van der Waals surface area contributed by atoms with Crippen molar-refractivity contribution < 1.29 is 23.8 Å². The number of nitrogens with zero attached hydrogens (tertiary/aromatic N) is 1. The lowest BCUT2D eigenvalue weighted by atomic mass is 10.1. The number of amides is 1. The first-order valence-corrected chi connectivity index (χ1v) is 9.59. The minimum atomic E-state index is -0.564. The summed E-state index contributed by atoms with van der Waals surface area (Å²) in [5, 5.41) is 0. The van der Waals surface area contributed by atoms with E-state index in [9.17, 15) is 9.59 Å². The standard InChI is InChI=1S/C21H31NO5/c1-5-25-19(23)12-11-17-13-18(26-15-16-9-7-6-8-10-16)14-22(17)20(24)27-21(2,3)4/h6-10,17-18H,5,11-15H2,1-4H3/t17-,18+/m1/s1.